The molecule has 0 saturated heterocycles. The number of nitro groups is 1. The fourth-order valence-corrected chi connectivity index (χ4v) is 3.93. The van der Waals surface area contributed by atoms with E-state index < -0.39 is 4.92 Å². The Labute approximate surface area is 140 Å². The molecule has 130 valence electrons. The number of carbonyl (C=O) groups excluding carboxylic acids is 1. The topological polar surface area (TPSA) is 97.6 Å². The number of pyridine rings is 1. The fraction of sp³-hybridized carbons (Fsp3) is 0.625. The van der Waals surface area contributed by atoms with Gasteiger partial charge in [0.05, 0.1) is 11.0 Å². The highest BCUT2D eigenvalue weighted by atomic mass is 16.6. The Hall–Kier alpha value is -2.22. The lowest BCUT2D eigenvalue weighted by molar-refractivity contribution is -0.384. The smallest absolute Gasteiger partial charge is 0.322 e. The molecule has 2 saturated carbocycles. The molecule has 8 nitrogen and oxygen atoms in total. The van der Waals surface area contributed by atoms with Crippen LogP contribution in [0.4, 0.5) is 16.2 Å². The van der Waals surface area contributed by atoms with Crippen LogP contribution in [0.25, 0.3) is 0 Å². The van der Waals surface area contributed by atoms with Gasteiger partial charge >= 0.3 is 11.7 Å². The van der Waals surface area contributed by atoms with Crippen molar-refractivity contribution < 1.29 is 14.5 Å². The van der Waals surface area contributed by atoms with E-state index in [9.17, 15) is 14.9 Å². The maximum absolute atomic E-state index is 12.5. The third-order valence-corrected chi connectivity index (χ3v) is 5.42. The number of anilines is 1. The van der Waals surface area contributed by atoms with E-state index in [4.69, 9.17) is 4.74 Å². The van der Waals surface area contributed by atoms with Crippen molar-refractivity contribution in [3.05, 3.63) is 28.6 Å². The minimum Gasteiger partial charge on any atom is -0.378 e. The number of nitrogens with one attached hydrogen (secondary N) is 1. The number of carbonyl (C=O) groups is 1. The van der Waals surface area contributed by atoms with E-state index in [2.05, 4.69) is 10.3 Å². The summed E-state index contributed by atoms with van der Waals surface area (Å²) >= 11 is 0. The molecule has 0 unspecified atom stereocenters. The molecular weight excluding hydrogens is 312 g/mol. The van der Waals surface area contributed by atoms with E-state index in [-0.39, 0.29) is 35.0 Å². The van der Waals surface area contributed by atoms with Crippen molar-refractivity contribution in [1.82, 2.24) is 9.88 Å². The quantitative estimate of drug-likeness (QED) is 0.659. The number of rotatable bonds is 5. The summed E-state index contributed by atoms with van der Waals surface area (Å²) in [6, 6.07) is 1.21. The van der Waals surface area contributed by atoms with Crippen molar-refractivity contribution in [3.63, 3.8) is 0 Å². The Morgan fingerprint density at radius 1 is 1.58 bits per heavy atom. The Morgan fingerprint density at radius 2 is 2.33 bits per heavy atom. The van der Waals surface area contributed by atoms with E-state index in [1.54, 1.807) is 11.9 Å². The van der Waals surface area contributed by atoms with Crippen molar-refractivity contribution >= 4 is 17.4 Å². The molecule has 2 amide bonds. The van der Waals surface area contributed by atoms with Crippen LogP contribution in [0.1, 0.15) is 32.6 Å². The largest absolute Gasteiger partial charge is 0.378 e. The molecular formula is C16H22N4O4. The molecule has 8 heteroatoms. The van der Waals surface area contributed by atoms with E-state index >= 15 is 0 Å². The number of ether oxygens (including phenoxy) is 1. The van der Waals surface area contributed by atoms with Gasteiger partial charge in [-0.25, -0.2) is 4.79 Å². The highest BCUT2D eigenvalue weighted by Gasteiger charge is 2.60. The standard InChI is InChI=1S/C16H22N4O4/c1-3-24-14-9-13(16(14)6-4-7-16)19(2)15(21)18-11-5-8-17-10-12(11)20(22)23/h5,8,10,13-14H,3-4,6-7,9H2,1-2H3,(H,17,18,21)/t13-,14-/m0/s1. The second-order valence-corrected chi connectivity index (χ2v) is 6.47. The van der Waals surface area contributed by atoms with E-state index in [1.807, 2.05) is 6.92 Å². The summed E-state index contributed by atoms with van der Waals surface area (Å²) in [5, 5.41) is 13.7. The lowest BCUT2D eigenvalue weighted by Crippen LogP contribution is -2.68. The van der Waals surface area contributed by atoms with Gasteiger partial charge in [0.2, 0.25) is 0 Å². The summed E-state index contributed by atoms with van der Waals surface area (Å²) in [5.41, 5.74) is 0.0142. The Kier molecular flexibility index (Phi) is 4.40. The molecule has 0 aliphatic heterocycles. The van der Waals surface area contributed by atoms with Gasteiger partial charge in [0.15, 0.2) is 0 Å². The maximum atomic E-state index is 12.5. The highest BCUT2D eigenvalue weighted by Crippen LogP contribution is 2.58. The van der Waals surface area contributed by atoms with Crippen molar-refractivity contribution in [2.75, 3.05) is 19.0 Å². The number of urea groups is 1. The lowest BCUT2D eigenvalue weighted by atomic mass is 9.50. The summed E-state index contributed by atoms with van der Waals surface area (Å²) < 4.78 is 5.81. The summed E-state index contributed by atoms with van der Waals surface area (Å²) in [6.07, 6.45) is 6.88. The summed E-state index contributed by atoms with van der Waals surface area (Å²) in [6.45, 7) is 2.66. The number of hydrogen-bond acceptors (Lipinski definition) is 5. The molecule has 0 radical (unpaired) electrons. The van der Waals surface area contributed by atoms with Crippen molar-refractivity contribution in [1.29, 1.82) is 0 Å². The van der Waals surface area contributed by atoms with Gasteiger partial charge in [-0.05, 0) is 32.3 Å². The van der Waals surface area contributed by atoms with Gasteiger partial charge in [0, 0.05) is 31.3 Å². The van der Waals surface area contributed by atoms with Gasteiger partial charge in [-0.15, -0.1) is 0 Å². The number of nitrogens with zero attached hydrogens (tertiary/aromatic N) is 3. The first-order valence-electron chi connectivity index (χ1n) is 8.23. The second-order valence-electron chi connectivity index (χ2n) is 6.47. The normalized spacial score (nSPS) is 23.9. The average molecular weight is 334 g/mol. The third-order valence-electron chi connectivity index (χ3n) is 5.42. The van der Waals surface area contributed by atoms with Crippen LogP contribution in [0.2, 0.25) is 0 Å². The van der Waals surface area contributed by atoms with Gasteiger partial charge in [-0.2, -0.15) is 0 Å². The first-order chi connectivity index (χ1) is 11.5. The SMILES string of the molecule is CCO[C@H]1C[C@H](N(C)C(=O)Nc2ccncc2[N+](=O)[O-])C12CCC2. The van der Waals surface area contributed by atoms with E-state index in [0.29, 0.717) is 6.61 Å². The number of hydrogen-bond donors (Lipinski definition) is 1. The first-order valence-corrected chi connectivity index (χ1v) is 8.23. The fourth-order valence-electron chi connectivity index (χ4n) is 3.93. The van der Waals surface area contributed by atoms with Gasteiger partial charge in [0.1, 0.15) is 11.9 Å². The minimum atomic E-state index is -0.551. The van der Waals surface area contributed by atoms with Gasteiger partial charge < -0.3 is 15.0 Å². The predicted molar refractivity (Wildman–Crippen MR) is 87.8 cm³/mol. The van der Waals surface area contributed by atoms with Crippen LogP contribution < -0.4 is 5.32 Å². The lowest BCUT2D eigenvalue weighted by Gasteiger charge is -2.63. The summed E-state index contributed by atoms with van der Waals surface area (Å²) in [4.78, 5) is 28.4. The maximum Gasteiger partial charge on any atom is 0.322 e. The van der Waals surface area contributed by atoms with Crippen molar-refractivity contribution in [2.45, 2.75) is 44.8 Å². The molecule has 3 rings (SSSR count). The van der Waals surface area contributed by atoms with Crippen LogP contribution in [0, 0.1) is 15.5 Å². The molecule has 24 heavy (non-hydrogen) atoms. The average Bonchev–Trinajstić information content (AvgIpc) is 2.49. The Balaban J connectivity index is 1.69. The molecule has 1 spiro atoms. The van der Waals surface area contributed by atoms with Gasteiger partial charge in [-0.1, -0.05) is 6.42 Å². The molecule has 2 fully saturated rings. The number of amides is 2. The molecule has 2 aliphatic rings. The van der Waals surface area contributed by atoms with Gasteiger partial charge in [0.25, 0.3) is 0 Å². The minimum absolute atomic E-state index is 0.0618. The Morgan fingerprint density at radius 3 is 2.92 bits per heavy atom. The zero-order valence-corrected chi connectivity index (χ0v) is 13.9. The molecule has 2 atom stereocenters. The zero-order valence-electron chi connectivity index (χ0n) is 13.9. The van der Waals surface area contributed by atoms with Crippen LogP contribution in [-0.2, 0) is 4.74 Å². The van der Waals surface area contributed by atoms with Crippen LogP contribution in [0.5, 0.6) is 0 Å². The third kappa shape index (κ3) is 2.60. The van der Waals surface area contributed by atoms with Crippen LogP contribution in [0.15, 0.2) is 18.5 Å². The summed E-state index contributed by atoms with van der Waals surface area (Å²) in [5.74, 6) is 0. The molecule has 2 aliphatic carbocycles. The zero-order chi connectivity index (χ0) is 17.3. The first kappa shape index (κ1) is 16.6. The molecule has 0 aromatic carbocycles. The van der Waals surface area contributed by atoms with Crippen molar-refractivity contribution in [2.24, 2.45) is 5.41 Å². The molecule has 1 aromatic heterocycles. The molecule has 1 aromatic rings. The predicted octanol–water partition coefficient (Wildman–Crippen LogP) is 2.80. The molecule has 1 N–H and O–H groups in total. The molecule has 1 heterocycles. The second kappa shape index (κ2) is 6.35. The van der Waals surface area contributed by atoms with E-state index in [0.717, 1.165) is 31.9 Å². The monoisotopic (exact) mass is 334 g/mol. The summed E-state index contributed by atoms with van der Waals surface area (Å²) in [7, 11) is 1.75. The highest BCUT2D eigenvalue weighted by molar-refractivity contribution is 5.91. The van der Waals surface area contributed by atoms with Crippen LogP contribution in [0.3, 0.4) is 0 Å². The Bertz CT molecular complexity index is 647. The number of aromatic nitrogens is 1. The van der Waals surface area contributed by atoms with Crippen LogP contribution in [-0.4, -0.2) is 46.6 Å². The van der Waals surface area contributed by atoms with Crippen molar-refractivity contribution in [3.8, 4) is 0 Å². The van der Waals surface area contributed by atoms with E-state index in [1.165, 1.54) is 12.3 Å². The van der Waals surface area contributed by atoms with Gasteiger partial charge in [-0.3, -0.25) is 15.1 Å². The van der Waals surface area contributed by atoms with Crippen LogP contribution >= 0.6 is 0 Å². The molecule has 0 bridgehead atoms.